The maximum Gasteiger partial charge on any atom is 0.266 e. The van der Waals surface area contributed by atoms with Crippen LogP contribution in [0.4, 0.5) is 0 Å². The van der Waals surface area contributed by atoms with Crippen LogP contribution in [-0.2, 0) is 21.4 Å². The molecule has 0 bridgehead atoms. The second kappa shape index (κ2) is 8.72. The first kappa shape index (κ1) is 21.4. The summed E-state index contributed by atoms with van der Waals surface area (Å²) in [6.07, 6.45) is 2.04. The van der Waals surface area contributed by atoms with Crippen molar-refractivity contribution in [1.82, 2.24) is 13.8 Å². The SMILES string of the molecule is CC(C)Oc1ccc(S(=O)(=O)N2CCN(CCn3ccc4ccccc43)CC2=O)cc1. The number of carbonyl (C=O) groups excluding carboxylic acids is 1. The predicted octanol–water partition coefficient (Wildman–Crippen LogP) is 2.96. The van der Waals surface area contributed by atoms with Crippen LogP contribution in [0.3, 0.4) is 0 Å². The van der Waals surface area contributed by atoms with E-state index >= 15 is 0 Å². The number of sulfonamides is 1. The summed E-state index contributed by atoms with van der Waals surface area (Å²) in [6, 6.07) is 16.5. The molecule has 2 aromatic carbocycles. The third kappa shape index (κ3) is 4.60. The fourth-order valence-corrected chi connectivity index (χ4v) is 5.21. The van der Waals surface area contributed by atoms with Crippen LogP contribution < -0.4 is 4.74 Å². The number of carbonyl (C=O) groups is 1. The van der Waals surface area contributed by atoms with Crippen molar-refractivity contribution in [2.45, 2.75) is 31.4 Å². The summed E-state index contributed by atoms with van der Waals surface area (Å²) in [7, 11) is -3.87. The topological polar surface area (TPSA) is 71.9 Å². The molecule has 1 amide bonds. The normalized spacial score (nSPS) is 15.7. The Morgan fingerprint density at radius 3 is 2.42 bits per heavy atom. The van der Waals surface area contributed by atoms with E-state index in [-0.39, 0.29) is 24.1 Å². The van der Waals surface area contributed by atoms with Crippen LogP contribution in [0.5, 0.6) is 5.75 Å². The molecule has 0 saturated carbocycles. The van der Waals surface area contributed by atoms with Crippen molar-refractivity contribution < 1.29 is 17.9 Å². The Morgan fingerprint density at radius 2 is 1.71 bits per heavy atom. The number of fused-ring (bicyclic) bond motifs is 1. The summed E-state index contributed by atoms with van der Waals surface area (Å²) in [5, 5.41) is 1.18. The van der Waals surface area contributed by atoms with Gasteiger partial charge in [0.2, 0.25) is 0 Å². The van der Waals surface area contributed by atoms with Gasteiger partial charge in [0, 0.05) is 31.3 Å². The molecule has 1 saturated heterocycles. The lowest BCUT2D eigenvalue weighted by atomic mass is 10.2. The summed E-state index contributed by atoms with van der Waals surface area (Å²) in [6.45, 7) is 5.98. The van der Waals surface area contributed by atoms with E-state index in [4.69, 9.17) is 4.74 Å². The number of rotatable bonds is 7. The van der Waals surface area contributed by atoms with Crippen LogP contribution in [0, 0.1) is 0 Å². The van der Waals surface area contributed by atoms with Crippen molar-refractivity contribution in [2.75, 3.05) is 26.2 Å². The molecule has 31 heavy (non-hydrogen) atoms. The highest BCUT2D eigenvalue weighted by molar-refractivity contribution is 7.89. The zero-order valence-corrected chi connectivity index (χ0v) is 18.6. The van der Waals surface area contributed by atoms with Gasteiger partial charge < -0.3 is 9.30 Å². The van der Waals surface area contributed by atoms with E-state index in [0.717, 1.165) is 16.4 Å². The molecule has 1 aromatic heterocycles. The Bertz CT molecular complexity index is 1170. The van der Waals surface area contributed by atoms with Gasteiger partial charge in [0.1, 0.15) is 5.75 Å². The molecule has 1 aliphatic rings. The van der Waals surface area contributed by atoms with Gasteiger partial charge in [-0.3, -0.25) is 9.69 Å². The molecule has 0 N–H and O–H groups in total. The maximum absolute atomic E-state index is 13.0. The first-order chi connectivity index (χ1) is 14.8. The number of piperazine rings is 1. The second-order valence-electron chi connectivity index (χ2n) is 7.95. The van der Waals surface area contributed by atoms with Crippen molar-refractivity contribution in [3.05, 3.63) is 60.8 Å². The van der Waals surface area contributed by atoms with E-state index in [1.807, 2.05) is 37.1 Å². The van der Waals surface area contributed by atoms with E-state index in [1.54, 1.807) is 12.1 Å². The minimum atomic E-state index is -3.87. The fourth-order valence-electron chi connectivity index (χ4n) is 3.83. The summed E-state index contributed by atoms with van der Waals surface area (Å²) < 4.78 is 34.7. The number of para-hydroxylation sites is 1. The van der Waals surface area contributed by atoms with E-state index in [2.05, 4.69) is 22.8 Å². The molecule has 1 aliphatic heterocycles. The van der Waals surface area contributed by atoms with Gasteiger partial charge in [0.05, 0.1) is 24.1 Å². The van der Waals surface area contributed by atoms with E-state index < -0.39 is 15.9 Å². The number of nitrogens with zero attached hydrogens (tertiary/aromatic N) is 3. The van der Waals surface area contributed by atoms with Crippen LogP contribution in [0.2, 0.25) is 0 Å². The van der Waals surface area contributed by atoms with Gasteiger partial charge in [-0.15, -0.1) is 0 Å². The summed E-state index contributed by atoms with van der Waals surface area (Å²) in [5.41, 5.74) is 1.15. The summed E-state index contributed by atoms with van der Waals surface area (Å²) >= 11 is 0. The molecule has 0 spiro atoms. The molecule has 1 fully saturated rings. The Hall–Kier alpha value is -2.84. The van der Waals surface area contributed by atoms with Gasteiger partial charge >= 0.3 is 0 Å². The van der Waals surface area contributed by atoms with Crippen molar-refractivity contribution in [1.29, 1.82) is 0 Å². The van der Waals surface area contributed by atoms with Crippen LogP contribution in [0.15, 0.2) is 65.7 Å². The first-order valence-corrected chi connectivity index (χ1v) is 11.9. The molecule has 2 heterocycles. The molecule has 0 aliphatic carbocycles. The average molecular weight is 442 g/mol. The highest BCUT2D eigenvalue weighted by Gasteiger charge is 2.33. The Balaban J connectivity index is 1.38. The minimum absolute atomic E-state index is 0.00152. The van der Waals surface area contributed by atoms with Gasteiger partial charge in [0.15, 0.2) is 0 Å². The molecule has 8 heteroatoms. The number of hydrogen-bond donors (Lipinski definition) is 0. The van der Waals surface area contributed by atoms with Crippen LogP contribution in [0.25, 0.3) is 10.9 Å². The molecule has 0 unspecified atom stereocenters. The number of aromatic nitrogens is 1. The van der Waals surface area contributed by atoms with E-state index in [9.17, 15) is 13.2 Å². The molecule has 3 aromatic rings. The molecular weight excluding hydrogens is 414 g/mol. The molecule has 0 atom stereocenters. The van der Waals surface area contributed by atoms with Gasteiger partial charge in [0.25, 0.3) is 15.9 Å². The molecule has 164 valence electrons. The lowest BCUT2D eigenvalue weighted by Gasteiger charge is -2.33. The van der Waals surface area contributed by atoms with Crippen LogP contribution in [0.1, 0.15) is 13.8 Å². The third-order valence-electron chi connectivity index (χ3n) is 5.38. The van der Waals surface area contributed by atoms with Crippen molar-refractivity contribution >= 4 is 26.8 Å². The van der Waals surface area contributed by atoms with Crippen molar-refractivity contribution in [3.63, 3.8) is 0 Å². The smallest absolute Gasteiger partial charge is 0.266 e. The van der Waals surface area contributed by atoms with Gasteiger partial charge in [-0.25, -0.2) is 12.7 Å². The molecule has 7 nitrogen and oxygen atoms in total. The molecule has 4 rings (SSSR count). The maximum atomic E-state index is 13.0. The number of hydrogen-bond acceptors (Lipinski definition) is 5. The highest BCUT2D eigenvalue weighted by atomic mass is 32.2. The number of ether oxygens (including phenoxy) is 1. The van der Waals surface area contributed by atoms with Gasteiger partial charge in [-0.2, -0.15) is 0 Å². The van der Waals surface area contributed by atoms with Crippen LogP contribution >= 0.6 is 0 Å². The first-order valence-electron chi connectivity index (χ1n) is 10.4. The lowest BCUT2D eigenvalue weighted by molar-refractivity contribution is -0.130. The lowest BCUT2D eigenvalue weighted by Crippen LogP contribution is -2.52. The van der Waals surface area contributed by atoms with Gasteiger partial charge in [-0.05, 0) is 55.6 Å². The predicted molar refractivity (Wildman–Crippen MR) is 119 cm³/mol. The zero-order valence-electron chi connectivity index (χ0n) is 17.8. The molecule has 0 radical (unpaired) electrons. The Morgan fingerprint density at radius 1 is 0.968 bits per heavy atom. The zero-order chi connectivity index (χ0) is 22.0. The Kier molecular flexibility index (Phi) is 6.02. The molecular formula is C23H27N3O4S. The fraction of sp³-hybridized carbons (Fsp3) is 0.348. The quantitative estimate of drug-likeness (QED) is 0.564. The second-order valence-corrected chi connectivity index (χ2v) is 9.82. The minimum Gasteiger partial charge on any atom is -0.491 e. The standard InChI is InChI=1S/C23H27N3O4S/c1-18(2)30-20-7-9-21(10-8-20)31(28,29)26-16-14-24(17-23(26)27)13-15-25-12-11-19-5-3-4-6-22(19)25/h3-12,18H,13-17H2,1-2H3. The average Bonchev–Trinajstić information content (AvgIpc) is 3.15. The monoisotopic (exact) mass is 441 g/mol. The van der Waals surface area contributed by atoms with Crippen LogP contribution in [-0.4, -0.2) is 60.4 Å². The Labute approximate surface area is 182 Å². The highest BCUT2D eigenvalue weighted by Crippen LogP contribution is 2.22. The van der Waals surface area contributed by atoms with E-state index in [1.165, 1.54) is 17.5 Å². The number of benzene rings is 2. The number of amides is 1. The third-order valence-corrected chi connectivity index (χ3v) is 7.21. The van der Waals surface area contributed by atoms with Gasteiger partial charge in [-0.1, -0.05) is 18.2 Å². The summed E-state index contributed by atoms with van der Waals surface area (Å²) in [4.78, 5) is 14.8. The summed E-state index contributed by atoms with van der Waals surface area (Å²) in [5.74, 6) is 0.203. The van der Waals surface area contributed by atoms with Crippen molar-refractivity contribution in [3.8, 4) is 5.75 Å². The largest absolute Gasteiger partial charge is 0.491 e. The van der Waals surface area contributed by atoms with E-state index in [0.29, 0.717) is 18.8 Å². The van der Waals surface area contributed by atoms with Crippen molar-refractivity contribution in [2.24, 2.45) is 0 Å².